The molecule has 0 spiro atoms. The molecule has 8 heteroatoms. The van der Waals surface area contributed by atoms with Gasteiger partial charge in [-0.15, -0.1) is 0 Å². The number of nitrogen functional groups attached to an aromatic ring is 1. The highest BCUT2D eigenvalue weighted by molar-refractivity contribution is 6.36. The Hall–Kier alpha value is -2.23. The van der Waals surface area contributed by atoms with Crippen LogP contribution in [0.15, 0.2) is 18.2 Å². The number of carbonyl (C=O) groups excluding carboxylic acids is 1. The van der Waals surface area contributed by atoms with Crippen LogP contribution in [0.5, 0.6) is 0 Å². The highest BCUT2D eigenvalue weighted by Crippen LogP contribution is 2.24. The summed E-state index contributed by atoms with van der Waals surface area (Å²) < 4.78 is 0. The van der Waals surface area contributed by atoms with Crippen LogP contribution in [0.2, 0.25) is 10.0 Å². The van der Waals surface area contributed by atoms with E-state index in [4.69, 9.17) is 34.2 Å². The number of amides is 1. The number of nitrogens with two attached hydrogens (primary N) is 1. The van der Waals surface area contributed by atoms with Crippen molar-refractivity contribution in [1.82, 2.24) is 15.5 Å². The molecule has 0 bridgehead atoms. The molecule has 0 aliphatic rings. The minimum absolute atomic E-state index is 0.124. The first kappa shape index (κ1) is 17.1. The van der Waals surface area contributed by atoms with Gasteiger partial charge in [-0.25, -0.2) is 0 Å². The van der Waals surface area contributed by atoms with Crippen LogP contribution in [0.4, 0.5) is 5.82 Å². The number of nitrogens with zero attached hydrogens (tertiary/aromatic N) is 2. The van der Waals surface area contributed by atoms with E-state index >= 15 is 0 Å². The highest BCUT2D eigenvalue weighted by Gasteiger charge is 2.12. The SMILES string of the molecule is N#Cc1c(N)n[nH]c1CCCNC(=O)Cc1c(Cl)cccc1Cl. The van der Waals surface area contributed by atoms with E-state index in [1.807, 2.05) is 6.07 Å². The molecule has 2 rings (SSSR count). The van der Waals surface area contributed by atoms with Gasteiger partial charge in [-0.3, -0.25) is 9.89 Å². The van der Waals surface area contributed by atoms with E-state index in [0.29, 0.717) is 46.3 Å². The first-order valence-corrected chi connectivity index (χ1v) is 7.71. The number of halogens is 2. The Morgan fingerprint density at radius 1 is 1.39 bits per heavy atom. The second-order valence-corrected chi connectivity index (χ2v) is 5.72. The van der Waals surface area contributed by atoms with Crippen LogP contribution in [0.3, 0.4) is 0 Å². The van der Waals surface area contributed by atoms with Crippen molar-refractivity contribution in [3.8, 4) is 6.07 Å². The van der Waals surface area contributed by atoms with E-state index in [0.717, 1.165) is 0 Å². The number of aromatic nitrogens is 2. The van der Waals surface area contributed by atoms with Gasteiger partial charge in [0.15, 0.2) is 5.82 Å². The molecule has 23 heavy (non-hydrogen) atoms. The molecular weight excluding hydrogens is 337 g/mol. The largest absolute Gasteiger partial charge is 0.381 e. The van der Waals surface area contributed by atoms with Crippen LogP contribution in [0.25, 0.3) is 0 Å². The normalized spacial score (nSPS) is 10.3. The van der Waals surface area contributed by atoms with Crippen molar-refractivity contribution >= 4 is 34.9 Å². The lowest BCUT2D eigenvalue weighted by atomic mass is 10.1. The van der Waals surface area contributed by atoms with Crippen LogP contribution in [0.1, 0.15) is 23.2 Å². The fraction of sp³-hybridized carbons (Fsp3) is 0.267. The predicted molar refractivity (Wildman–Crippen MR) is 89.2 cm³/mol. The zero-order chi connectivity index (χ0) is 16.8. The summed E-state index contributed by atoms with van der Waals surface area (Å²) in [7, 11) is 0. The van der Waals surface area contributed by atoms with Gasteiger partial charge < -0.3 is 11.1 Å². The Balaban J connectivity index is 1.80. The quantitative estimate of drug-likeness (QED) is 0.694. The van der Waals surface area contributed by atoms with E-state index < -0.39 is 0 Å². The molecule has 1 amide bonds. The van der Waals surface area contributed by atoms with E-state index in [9.17, 15) is 4.79 Å². The van der Waals surface area contributed by atoms with Crippen LogP contribution >= 0.6 is 23.2 Å². The molecule has 2 aromatic rings. The molecule has 0 unspecified atom stereocenters. The number of rotatable bonds is 6. The highest BCUT2D eigenvalue weighted by atomic mass is 35.5. The van der Waals surface area contributed by atoms with Gasteiger partial charge in [0.25, 0.3) is 0 Å². The smallest absolute Gasteiger partial charge is 0.224 e. The number of benzene rings is 1. The molecule has 6 nitrogen and oxygen atoms in total. The molecule has 1 aromatic heterocycles. The Morgan fingerprint density at radius 3 is 2.74 bits per heavy atom. The number of carbonyl (C=O) groups is 1. The molecule has 120 valence electrons. The molecule has 0 saturated heterocycles. The van der Waals surface area contributed by atoms with Crippen molar-refractivity contribution in [2.24, 2.45) is 0 Å². The van der Waals surface area contributed by atoms with Crippen LogP contribution < -0.4 is 11.1 Å². The van der Waals surface area contributed by atoms with Gasteiger partial charge in [-0.2, -0.15) is 10.4 Å². The van der Waals surface area contributed by atoms with Gasteiger partial charge in [0.1, 0.15) is 11.6 Å². The maximum absolute atomic E-state index is 11.9. The average Bonchev–Trinajstić information content (AvgIpc) is 2.87. The minimum atomic E-state index is -0.162. The summed E-state index contributed by atoms with van der Waals surface area (Å²) in [4.78, 5) is 11.9. The third-order valence-electron chi connectivity index (χ3n) is 3.31. The molecule has 0 aliphatic carbocycles. The minimum Gasteiger partial charge on any atom is -0.381 e. The van der Waals surface area contributed by atoms with Crippen molar-refractivity contribution in [1.29, 1.82) is 5.26 Å². The van der Waals surface area contributed by atoms with E-state index in [1.165, 1.54) is 0 Å². The van der Waals surface area contributed by atoms with Crippen molar-refractivity contribution in [3.63, 3.8) is 0 Å². The van der Waals surface area contributed by atoms with Crippen molar-refractivity contribution in [2.45, 2.75) is 19.3 Å². The van der Waals surface area contributed by atoms with Crippen LogP contribution in [0, 0.1) is 11.3 Å². The summed E-state index contributed by atoms with van der Waals surface area (Å²) in [5.74, 6) is 0.0320. The number of nitrogens with one attached hydrogen (secondary N) is 2. The number of anilines is 1. The first-order chi connectivity index (χ1) is 11.0. The standard InChI is InChI=1S/C15H15Cl2N5O/c16-11-3-1-4-12(17)9(11)7-14(23)20-6-2-5-13-10(8-18)15(19)22-21-13/h1,3-4H,2,5-7H2,(H,20,23)(H3,19,21,22). The zero-order valence-electron chi connectivity index (χ0n) is 12.2. The van der Waals surface area contributed by atoms with E-state index in [2.05, 4.69) is 15.5 Å². The third-order valence-corrected chi connectivity index (χ3v) is 4.01. The number of aromatic amines is 1. The van der Waals surface area contributed by atoms with Crippen LogP contribution in [-0.2, 0) is 17.6 Å². The second kappa shape index (κ2) is 7.86. The van der Waals surface area contributed by atoms with Gasteiger partial charge in [-0.05, 0) is 30.5 Å². The number of H-pyrrole nitrogens is 1. The maximum atomic E-state index is 11.9. The second-order valence-electron chi connectivity index (χ2n) is 4.90. The first-order valence-electron chi connectivity index (χ1n) is 6.95. The molecule has 4 N–H and O–H groups in total. The average molecular weight is 352 g/mol. The van der Waals surface area contributed by atoms with Gasteiger partial charge in [0, 0.05) is 16.6 Å². The molecule has 0 aliphatic heterocycles. The Labute approximate surface area is 143 Å². The predicted octanol–water partition coefficient (Wildman–Crippen LogP) is 2.46. The van der Waals surface area contributed by atoms with E-state index in [1.54, 1.807) is 18.2 Å². The topological polar surface area (TPSA) is 108 Å². The summed E-state index contributed by atoms with van der Waals surface area (Å²) in [5.41, 5.74) is 7.21. The molecule has 0 atom stereocenters. The van der Waals surface area contributed by atoms with Crippen molar-refractivity contribution in [3.05, 3.63) is 45.1 Å². The van der Waals surface area contributed by atoms with Gasteiger partial charge in [0.05, 0.1) is 12.1 Å². The van der Waals surface area contributed by atoms with Gasteiger partial charge in [-0.1, -0.05) is 29.3 Å². The van der Waals surface area contributed by atoms with E-state index in [-0.39, 0.29) is 18.1 Å². The van der Waals surface area contributed by atoms with Crippen molar-refractivity contribution in [2.75, 3.05) is 12.3 Å². The summed E-state index contributed by atoms with van der Waals surface area (Å²) in [6.07, 6.45) is 1.34. The number of aryl methyl sites for hydroxylation is 1. The number of nitriles is 1. The molecule has 0 saturated carbocycles. The fourth-order valence-corrected chi connectivity index (χ4v) is 2.65. The zero-order valence-corrected chi connectivity index (χ0v) is 13.7. The molecule has 1 heterocycles. The maximum Gasteiger partial charge on any atom is 0.224 e. The number of hydrogen-bond acceptors (Lipinski definition) is 4. The monoisotopic (exact) mass is 351 g/mol. The van der Waals surface area contributed by atoms with Gasteiger partial charge >= 0.3 is 0 Å². The number of hydrogen-bond donors (Lipinski definition) is 3. The molecule has 1 aromatic carbocycles. The lowest BCUT2D eigenvalue weighted by Crippen LogP contribution is -2.26. The summed E-state index contributed by atoms with van der Waals surface area (Å²) in [6, 6.07) is 7.13. The van der Waals surface area contributed by atoms with Gasteiger partial charge in [0.2, 0.25) is 5.91 Å². The third kappa shape index (κ3) is 4.38. The molecular formula is C15H15Cl2N5O. The summed E-state index contributed by atoms with van der Waals surface area (Å²) in [6.45, 7) is 0.463. The van der Waals surface area contributed by atoms with Crippen molar-refractivity contribution < 1.29 is 4.79 Å². The lowest BCUT2D eigenvalue weighted by molar-refractivity contribution is -0.120. The van der Waals surface area contributed by atoms with Crippen LogP contribution in [-0.4, -0.2) is 22.6 Å². The Bertz CT molecular complexity index is 731. The Morgan fingerprint density at radius 2 is 2.09 bits per heavy atom. The fourth-order valence-electron chi connectivity index (χ4n) is 2.12. The summed E-state index contributed by atoms with van der Waals surface area (Å²) in [5, 5.41) is 19.2. The Kier molecular flexibility index (Phi) is 5.85. The lowest BCUT2D eigenvalue weighted by Gasteiger charge is -2.08. The summed E-state index contributed by atoms with van der Waals surface area (Å²) >= 11 is 12.1. The molecule has 0 radical (unpaired) electrons. The molecule has 0 fully saturated rings.